The van der Waals surface area contributed by atoms with Gasteiger partial charge in [0.15, 0.2) is 0 Å². The number of aryl methyl sites for hydroxylation is 1. The Labute approximate surface area is 66.4 Å². The Morgan fingerprint density at radius 1 is 1.55 bits per heavy atom. The topological polar surface area (TPSA) is 56.7 Å². The van der Waals surface area contributed by atoms with Crippen LogP contribution < -0.4 is 5.73 Å². The van der Waals surface area contributed by atoms with Crippen LogP contribution in [0.25, 0.3) is 0 Å². The van der Waals surface area contributed by atoms with Gasteiger partial charge < -0.3 is 10.3 Å². The summed E-state index contributed by atoms with van der Waals surface area (Å²) in [6, 6.07) is 0.150. The molecule has 0 fully saturated rings. The summed E-state index contributed by atoms with van der Waals surface area (Å²) in [5.41, 5.74) is 5.62. The molecule has 1 unspecified atom stereocenters. The highest BCUT2D eigenvalue weighted by Gasteiger charge is 2.05. The first kappa shape index (κ1) is 8.20. The van der Waals surface area contributed by atoms with E-state index in [4.69, 9.17) is 5.73 Å². The van der Waals surface area contributed by atoms with Gasteiger partial charge in [-0.3, -0.25) is 0 Å². The van der Waals surface area contributed by atoms with Gasteiger partial charge >= 0.3 is 0 Å². The summed E-state index contributed by atoms with van der Waals surface area (Å²) in [5, 5.41) is 7.92. The highest BCUT2D eigenvalue weighted by molar-refractivity contribution is 4.94. The van der Waals surface area contributed by atoms with Crippen LogP contribution in [0.2, 0.25) is 0 Å². The monoisotopic (exact) mass is 154 g/mol. The fraction of sp³-hybridized carbons (Fsp3) is 0.714. The molecule has 62 valence electrons. The molecule has 0 aliphatic carbocycles. The van der Waals surface area contributed by atoms with Crippen molar-refractivity contribution in [3.63, 3.8) is 0 Å². The Bertz CT molecular complexity index is 239. The molecular weight excluding hydrogens is 140 g/mol. The molecule has 0 bridgehead atoms. The molecule has 1 heterocycles. The number of hydrogen-bond acceptors (Lipinski definition) is 3. The highest BCUT2D eigenvalue weighted by Crippen LogP contribution is 1.99. The molecular formula is C7H14N4. The van der Waals surface area contributed by atoms with Crippen LogP contribution in [0, 0.1) is 6.92 Å². The molecule has 0 aliphatic heterocycles. The summed E-state index contributed by atoms with van der Waals surface area (Å²) >= 11 is 0. The Kier molecular flexibility index (Phi) is 2.24. The lowest BCUT2D eigenvalue weighted by Crippen LogP contribution is -2.20. The van der Waals surface area contributed by atoms with Crippen molar-refractivity contribution in [2.75, 3.05) is 0 Å². The van der Waals surface area contributed by atoms with Crippen molar-refractivity contribution >= 4 is 0 Å². The van der Waals surface area contributed by atoms with E-state index < -0.39 is 0 Å². The SMILES string of the molecule is Cc1nnc(CC(C)N)n1C. The molecule has 0 aliphatic rings. The van der Waals surface area contributed by atoms with Gasteiger partial charge in [-0.2, -0.15) is 0 Å². The highest BCUT2D eigenvalue weighted by atomic mass is 15.3. The lowest BCUT2D eigenvalue weighted by Gasteiger charge is -2.03. The van der Waals surface area contributed by atoms with Gasteiger partial charge in [0.25, 0.3) is 0 Å². The maximum Gasteiger partial charge on any atom is 0.134 e. The zero-order valence-electron chi connectivity index (χ0n) is 7.20. The van der Waals surface area contributed by atoms with Gasteiger partial charge in [-0.05, 0) is 13.8 Å². The van der Waals surface area contributed by atoms with Crippen LogP contribution in [0.15, 0.2) is 0 Å². The molecule has 1 aromatic rings. The van der Waals surface area contributed by atoms with E-state index in [1.807, 2.05) is 25.5 Å². The van der Waals surface area contributed by atoms with Gasteiger partial charge in [-0.25, -0.2) is 0 Å². The smallest absolute Gasteiger partial charge is 0.134 e. The number of rotatable bonds is 2. The van der Waals surface area contributed by atoms with Crippen molar-refractivity contribution in [2.45, 2.75) is 26.3 Å². The summed E-state index contributed by atoms with van der Waals surface area (Å²) in [6.07, 6.45) is 0.789. The second-order valence-electron chi connectivity index (χ2n) is 2.90. The Morgan fingerprint density at radius 2 is 2.18 bits per heavy atom. The maximum absolute atomic E-state index is 5.62. The average molecular weight is 154 g/mol. The molecule has 0 amide bonds. The molecule has 1 aromatic heterocycles. The van der Waals surface area contributed by atoms with E-state index in [-0.39, 0.29) is 6.04 Å². The summed E-state index contributed by atoms with van der Waals surface area (Å²) in [4.78, 5) is 0. The van der Waals surface area contributed by atoms with Gasteiger partial charge in [-0.15, -0.1) is 10.2 Å². The maximum atomic E-state index is 5.62. The molecule has 4 nitrogen and oxygen atoms in total. The average Bonchev–Trinajstić information content (AvgIpc) is 2.18. The summed E-state index contributed by atoms with van der Waals surface area (Å²) < 4.78 is 1.96. The van der Waals surface area contributed by atoms with E-state index >= 15 is 0 Å². The molecule has 1 rings (SSSR count). The molecule has 0 aromatic carbocycles. The number of hydrogen-bond donors (Lipinski definition) is 1. The zero-order valence-corrected chi connectivity index (χ0v) is 7.20. The van der Waals surface area contributed by atoms with Crippen molar-refractivity contribution < 1.29 is 0 Å². The lowest BCUT2D eigenvalue weighted by atomic mass is 10.2. The molecule has 0 saturated heterocycles. The third-order valence-corrected chi connectivity index (χ3v) is 1.69. The minimum absolute atomic E-state index is 0.150. The van der Waals surface area contributed by atoms with Crippen LogP contribution >= 0.6 is 0 Å². The van der Waals surface area contributed by atoms with E-state index in [9.17, 15) is 0 Å². The standard InChI is InChI=1S/C7H14N4/c1-5(8)4-7-10-9-6(2)11(7)3/h5H,4,8H2,1-3H3. The first-order valence-electron chi connectivity index (χ1n) is 3.71. The molecule has 0 radical (unpaired) electrons. The molecule has 2 N–H and O–H groups in total. The Morgan fingerprint density at radius 3 is 2.55 bits per heavy atom. The van der Waals surface area contributed by atoms with E-state index in [2.05, 4.69) is 10.2 Å². The summed E-state index contributed by atoms with van der Waals surface area (Å²) in [5.74, 6) is 1.89. The van der Waals surface area contributed by atoms with Crippen LogP contribution in [-0.4, -0.2) is 20.8 Å². The second-order valence-corrected chi connectivity index (χ2v) is 2.90. The minimum Gasteiger partial charge on any atom is -0.328 e. The summed E-state index contributed by atoms with van der Waals surface area (Å²) in [6.45, 7) is 3.89. The van der Waals surface area contributed by atoms with Gasteiger partial charge in [0.05, 0.1) is 0 Å². The van der Waals surface area contributed by atoms with Crippen LogP contribution in [0.3, 0.4) is 0 Å². The summed E-state index contributed by atoms with van der Waals surface area (Å²) in [7, 11) is 1.95. The van der Waals surface area contributed by atoms with Crippen LogP contribution in [0.1, 0.15) is 18.6 Å². The fourth-order valence-corrected chi connectivity index (χ4v) is 0.917. The number of nitrogens with zero attached hydrogens (tertiary/aromatic N) is 3. The van der Waals surface area contributed by atoms with Crippen molar-refractivity contribution in [2.24, 2.45) is 12.8 Å². The van der Waals surface area contributed by atoms with E-state index in [1.54, 1.807) is 0 Å². The number of aromatic nitrogens is 3. The first-order valence-corrected chi connectivity index (χ1v) is 3.71. The van der Waals surface area contributed by atoms with Crippen molar-refractivity contribution in [1.29, 1.82) is 0 Å². The van der Waals surface area contributed by atoms with Crippen molar-refractivity contribution in [1.82, 2.24) is 14.8 Å². The van der Waals surface area contributed by atoms with E-state index in [0.29, 0.717) is 0 Å². The fourth-order valence-electron chi connectivity index (χ4n) is 0.917. The van der Waals surface area contributed by atoms with E-state index in [1.165, 1.54) is 0 Å². The van der Waals surface area contributed by atoms with E-state index in [0.717, 1.165) is 18.1 Å². The zero-order chi connectivity index (χ0) is 8.43. The number of nitrogens with two attached hydrogens (primary N) is 1. The molecule has 0 spiro atoms. The third kappa shape index (κ3) is 1.77. The second kappa shape index (κ2) is 3.00. The predicted molar refractivity (Wildman–Crippen MR) is 43.1 cm³/mol. The first-order chi connectivity index (χ1) is 5.11. The Hall–Kier alpha value is -0.900. The van der Waals surface area contributed by atoms with Gasteiger partial charge in [0.2, 0.25) is 0 Å². The van der Waals surface area contributed by atoms with Gasteiger partial charge in [0.1, 0.15) is 11.6 Å². The lowest BCUT2D eigenvalue weighted by molar-refractivity contribution is 0.666. The quantitative estimate of drug-likeness (QED) is 0.653. The van der Waals surface area contributed by atoms with Crippen molar-refractivity contribution in [3.05, 3.63) is 11.6 Å². The van der Waals surface area contributed by atoms with Crippen LogP contribution in [-0.2, 0) is 13.5 Å². The molecule has 0 saturated carbocycles. The minimum atomic E-state index is 0.150. The molecule has 11 heavy (non-hydrogen) atoms. The van der Waals surface area contributed by atoms with Gasteiger partial charge in [-0.1, -0.05) is 0 Å². The van der Waals surface area contributed by atoms with Crippen molar-refractivity contribution in [3.8, 4) is 0 Å². The van der Waals surface area contributed by atoms with Gasteiger partial charge in [0, 0.05) is 19.5 Å². The largest absolute Gasteiger partial charge is 0.328 e. The normalized spacial score (nSPS) is 13.5. The third-order valence-electron chi connectivity index (χ3n) is 1.69. The van der Waals surface area contributed by atoms with Crippen LogP contribution in [0.4, 0.5) is 0 Å². The van der Waals surface area contributed by atoms with Crippen LogP contribution in [0.5, 0.6) is 0 Å². The molecule has 1 atom stereocenters. The predicted octanol–water partition coefficient (Wildman–Crippen LogP) is 0.0132. The molecule has 4 heteroatoms. The Balaban J connectivity index is 2.79.